The van der Waals surface area contributed by atoms with Crippen molar-refractivity contribution < 1.29 is 9.53 Å². The molecule has 0 saturated carbocycles. The van der Waals surface area contributed by atoms with Gasteiger partial charge in [0.15, 0.2) is 0 Å². The first-order chi connectivity index (χ1) is 16.1. The van der Waals surface area contributed by atoms with E-state index in [9.17, 15) is 4.79 Å². The van der Waals surface area contributed by atoms with Crippen LogP contribution in [0.3, 0.4) is 0 Å². The van der Waals surface area contributed by atoms with Gasteiger partial charge in [-0.1, -0.05) is 48.0 Å². The number of hydrogen-bond acceptors (Lipinski definition) is 3. The molecule has 33 heavy (non-hydrogen) atoms. The summed E-state index contributed by atoms with van der Waals surface area (Å²) in [6.45, 7) is 0. The summed E-state index contributed by atoms with van der Waals surface area (Å²) in [5, 5.41) is 3.85. The Balaban J connectivity index is 1.45. The van der Waals surface area contributed by atoms with Gasteiger partial charge in [0.1, 0.15) is 11.4 Å². The molecule has 0 radical (unpaired) electrons. The lowest BCUT2D eigenvalue weighted by atomic mass is 9.88. The maximum Gasteiger partial charge on any atom is 0.270 e. The highest BCUT2D eigenvalue weighted by molar-refractivity contribution is 6.31. The highest BCUT2D eigenvalue weighted by atomic mass is 35.5. The van der Waals surface area contributed by atoms with Crippen molar-refractivity contribution in [3.63, 3.8) is 0 Å². The summed E-state index contributed by atoms with van der Waals surface area (Å²) in [6.07, 6.45) is 6.32. The van der Waals surface area contributed by atoms with Crippen LogP contribution in [-0.4, -0.2) is 22.6 Å². The van der Waals surface area contributed by atoms with E-state index in [-0.39, 0.29) is 11.9 Å². The van der Waals surface area contributed by atoms with Crippen LogP contribution < -0.4 is 10.1 Å². The number of benzene rings is 3. The van der Waals surface area contributed by atoms with Crippen LogP contribution in [0.2, 0.25) is 5.02 Å². The highest BCUT2D eigenvalue weighted by Gasteiger charge is 2.23. The molecule has 3 aromatic carbocycles. The number of aryl methyl sites for hydroxylation is 1. The van der Waals surface area contributed by atoms with Crippen LogP contribution in [0.25, 0.3) is 16.8 Å². The van der Waals surface area contributed by atoms with E-state index < -0.39 is 0 Å². The van der Waals surface area contributed by atoms with Gasteiger partial charge in [-0.15, -0.1) is 0 Å². The summed E-state index contributed by atoms with van der Waals surface area (Å²) in [5.74, 6) is 0.594. The van der Waals surface area contributed by atoms with Crippen LogP contribution in [-0.2, 0) is 6.42 Å². The maximum atomic E-state index is 13.3. The topological polar surface area (TPSA) is 56.2 Å². The largest absolute Gasteiger partial charge is 0.496 e. The first kappa shape index (κ1) is 21.3. The van der Waals surface area contributed by atoms with Gasteiger partial charge in [-0.2, -0.15) is 0 Å². The number of fused-ring (bicyclic) bond motifs is 1. The van der Waals surface area contributed by atoms with Gasteiger partial charge in [0.05, 0.1) is 25.7 Å². The number of amides is 1. The van der Waals surface area contributed by atoms with Gasteiger partial charge in [0.25, 0.3) is 5.91 Å². The third-order valence-corrected chi connectivity index (χ3v) is 6.38. The second-order valence-corrected chi connectivity index (χ2v) is 8.60. The molecule has 1 aliphatic carbocycles. The molecule has 0 bridgehead atoms. The molecule has 1 heterocycles. The zero-order valence-corrected chi connectivity index (χ0v) is 19.0. The number of rotatable bonds is 5. The second-order valence-electron chi connectivity index (χ2n) is 8.16. The molecule has 0 saturated heterocycles. The predicted octanol–water partition coefficient (Wildman–Crippen LogP) is 6.01. The molecule has 5 nitrogen and oxygen atoms in total. The van der Waals surface area contributed by atoms with E-state index in [2.05, 4.69) is 28.5 Å². The Morgan fingerprint density at radius 2 is 2.00 bits per heavy atom. The SMILES string of the molecule is COc1ccc(Cl)cc1-c1cccc(-n2cncc2C(=O)N[C@H]2CCCc3ccccc32)c1. The van der Waals surface area contributed by atoms with Crippen LogP contribution in [0.4, 0.5) is 0 Å². The van der Waals surface area contributed by atoms with Gasteiger partial charge in [-0.3, -0.25) is 9.36 Å². The van der Waals surface area contributed by atoms with E-state index >= 15 is 0 Å². The summed E-state index contributed by atoms with van der Waals surface area (Å²) in [5.41, 5.74) is 5.67. The fourth-order valence-corrected chi connectivity index (χ4v) is 4.71. The number of nitrogens with one attached hydrogen (secondary N) is 1. The Hall–Kier alpha value is -3.57. The van der Waals surface area contributed by atoms with Crippen LogP contribution in [0.15, 0.2) is 79.3 Å². The summed E-state index contributed by atoms with van der Waals surface area (Å²) in [6, 6.07) is 21.8. The Kier molecular flexibility index (Phi) is 5.88. The van der Waals surface area contributed by atoms with Gasteiger partial charge in [0, 0.05) is 16.3 Å². The average molecular weight is 458 g/mol. The van der Waals surface area contributed by atoms with Crippen LogP contribution in [0.5, 0.6) is 5.75 Å². The van der Waals surface area contributed by atoms with E-state index in [1.807, 2.05) is 47.0 Å². The smallest absolute Gasteiger partial charge is 0.270 e. The average Bonchev–Trinajstić information content (AvgIpc) is 3.35. The van der Waals surface area contributed by atoms with E-state index in [1.165, 1.54) is 11.1 Å². The molecular formula is C27H24ClN3O2. The quantitative estimate of drug-likeness (QED) is 0.399. The van der Waals surface area contributed by atoms with Crippen LogP contribution in [0.1, 0.15) is 40.5 Å². The Labute approximate surface area is 198 Å². The highest BCUT2D eigenvalue weighted by Crippen LogP contribution is 2.34. The fourth-order valence-electron chi connectivity index (χ4n) is 4.53. The van der Waals surface area contributed by atoms with Crippen molar-refractivity contribution in [3.8, 4) is 22.6 Å². The third-order valence-electron chi connectivity index (χ3n) is 6.14. The Morgan fingerprint density at radius 3 is 2.88 bits per heavy atom. The molecule has 1 N–H and O–H groups in total. The van der Waals surface area contributed by atoms with Crippen LogP contribution >= 0.6 is 11.6 Å². The van der Waals surface area contributed by atoms with Crippen LogP contribution in [0, 0.1) is 0 Å². The van der Waals surface area contributed by atoms with Gasteiger partial charge in [-0.05, 0) is 66.3 Å². The zero-order valence-electron chi connectivity index (χ0n) is 18.3. The third kappa shape index (κ3) is 4.24. The summed E-state index contributed by atoms with van der Waals surface area (Å²) in [4.78, 5) is 17.5. The molecule has 0 spiro atoms. The van der Waals surface area contributed by atoms with Crippen molar-refractivity contribution in [1.82, 2.24) is 14.9 Å². The van der Waals surface area contributed by atoms with Gasteiger partial charge >= 0.3 is 0 Å². The summed E-state index contributed by atoms with van der Waals surface area (Å²) >= 11 is 6.23. The number of aromatic nitrogens is 2. The van der Waals surface area contributed by atoms with Crippen molar-refractivity contribution in [2.24, 2.45) is 0 Å². The number of imidazole rings is 1. The molecule has 6 heteroatoms. The minimum absolute atomic E-state index is 0.00727. The Bertz CT molecular complexity index is 1310. The molecule has 5 rings (SSSR count). The van der Waals surface area contributed by atoms with Gasteiger partial charge in [0.2, 0.25) is 0 Å². The van der Waals surface area contributed by atoms with Crippen molar-refractivity contribution >= 4 is 17.5 Å². The molecule has 0 aliphatic heterocycles. The number of halogens is 1. The number of carbonyl (C=O) groups is 1. The number of methoxy groups -OCH3 is 1. The molecule has 0 fully saturated rings. The lowest BCUT2D eigenvalue weighted by Gasteiger charge is -2.26. The minimum atomic E-state index is -0.139. The Morgan fingerprint density at radius 1 is 1.12 bits per heavy atom. The fraction of sp³-hybridized carbons (Fsp3) is 0.185. The number of hydrogen-bond donors (Lipinski definition) is 1. The standard InChI is InChI=1S/C27H24ClN3O2/c1-33-26-13-12-20(28)15-23(26)19-8-4-9-21(14-19)31-17-29-16-25(31)27(32)30-24-11-5-7-18-6-2-3-10-22(18)24/h2-4,6,8-10,12-17,24H,5,7,11H2,1H3,(H,30,32)/t24-/m0/s1. The second kappa shape index (κ2) is 9.12. The predicted molar refractivity (Wildman–Crippen MR) is 130 cm³/mol. The monoisotopic (exact) mass is 457 g/mol. The summed E-state index contributed by atoms with van der Waals surface area (Å²) < 4.78 is 7.33. The first-order valence-electron chi connectivity index (χ1n) is 11.0. The molecule has 1 atom stereocenters. The number of carbonyl (C=O) groups excluding carboxylic acids is 1. The first-order valence-corrected chi connectivity index (χ1v) is 11.4. The summed E-state index contributed by atoms with van der Waals surface area (Å²) in [7, 11) is 1.64. The van der Waals surface area contributed by atoms with Gasteiger partial charge < -0.3 is 10.1 Å². The van der Waals surface area contributed by atoms with Crippen molar-refractivity contribution in [2.75, 3.05) is 7.11 Å². The zero-order chi connectivity index (χ0) is 22.8. The van der Waals surface area contributed by atoms with E-state index in [1.54, 1.807) is 25.7 Å². The molecule has 1 aliphatic rings. The van der Waals surface area contributed by atoms with Crippen molar-refractivity contribution in [1.29, 1.82) is 0 Å². The number of ether oxygens (including phenoxy) is 1. The molecule has 1 aromatic heterocycles. The van der Waals surface area contributed by atoms with Crippen molar-refractivity contribution in [3.05, 3.63) is 101 Å². The van der Waals surface area contributed by atoms with Crippen molar-refractivity contribution in [2.45, 2.75) is 25.3 Å². The number of nitrogens with zero attached hydrogens (tertiary/aromatic N) is 2. The van der Waals surface area contributed by atoms with Gasteiger partial charge in [-0.25, -0.2) is 4.98 Å². The minimum Gasteiger partial charge on any atom is -0.496 e. The molecule has 4 aromatic rings. The van der Waals surface area contributed by atoms with E-state index in [0.717, 1.165) is 41.8 Å². The van der Waals surface area contributed by atoms with E-state index in [0.29, 0.717) is 10.7 Å². The normalized spacial score (nSPS) is 15.0. The molecule has 166 valence electrons. The van der Waals surface area contributed by atoms with E-state index in [4.69, 9.17) is 16.3 Å². The molecular weight excluding hydrogens is 434 g/mol. The lowest BCUT2D eigenvalue weighted by molar-refractivity contribution is 0.0926. The lowest BCUT2D eigenvalue weighted by Crippen LogP contribution is -2.32. The molecule has 1 amide bonds. The maximum absolute atomic E-state index is 13.3. The molecule has 0 unspecified atom stereocenters.